The number of hydrogen-bond acceptors (Lipinski definition) is 2. The summed E-state index contributed by atoms with van der Waals surface area (Å²) in [5, 5.41) is 4.90. The summed E-state index contributed by atoms with van der Waals surface area (Å²) in [6.07, 6.45) is 4.43. The van der Waals surface area contributed by atoms with Gasteiger partial charge in [0.1, 0.15) is 0 Å². The summed E-state index contributed by atoms with van der Waals surface area (Å²) in [5.41, 5.74) is 26.7. The number of benzene rings is 12. The SMILES string of the molecule is CC1(C)c2ccccc2-c2ccc(-n3c4ccccc4c4cc(N(c5ccccc5)c5ccc(/C=C/c6ccc(N(c7ccccc7)c7ccc8c(c7)c7ccccc7n8-c7ccc8c(c7)C(C)(C)c7ccccc7-8)cc6)cc5)ccc43)cc21. The van der Waals surface area contributed by atoms with Crippen molar-refractivity contribution in [1.82, 2.24) is 9.13 Å². The first kappa shape index (κ1) is 49.4. The maximum atomic E-state index is 2.45. The van der Waals surface area contributed by atoms with Gasteiger partial charge in [-0.25, -0.2) is 0 Å². The van der Waals surface area contributed by atoms with Crippen molar-refractivity contribution in [3.8, 4) is 33.6 Å². The Hall–Kier alpha value is -10.4. The van der Waals surface area contributed by atoms with Crippen molar-refractivity contribution in [3.05, 3.63) is 312 Å². The monoisotopic (exact) mass is 1080 g/mol. The minimum absolute atomic E-state index is 0.0895. The molecule has 16 rings (SSSR count). The lowest BCUT2D eigenvalue weighted by Crippen LogP contribution is -2.15. The van der Waals surface area contributed by atoms with Crippen LogP contribution in [0.2, 0.25) is 0 Å². The molecule has 0 fully saturated rings. The molecule has 4 nitrogen and oxygen atoms in total. The summed E-state index contributed by atoms with van der Waals surface area (Å²) >= 11 is 0. The van der Waals surface area contributed by atoms with E-state index in [1.54, 1.807) is 0 Å². The Kier molecular flexibility index (Phi) is 11.2. The minimum Gasteiger partial charge on any atom is -0.310 e. The van der Waals surface area contributed by atoms with Crippen LogP contribution in [-0.4, -0.2) is 9.13 Å². The summed E-state index contributed by atoms with van der Waals surface area (Å²) < 4.78 is 4.90. The first-order chi connectivity index (χ1) is 41.2. The third kappa shape index (κ3) is 7.74. The van der Waals surface area contributed by atoms with Crippen molar-refractivity contribution in [2.75, 3.05) is 9.80 Å². The van der Waals surface area contributed by atoms with Crippen molar-refractivity contribution >= 4 is 89.9 Å². The molecule has 0 bridgehead atoms. The smallest absolute Gasteiger partial charge is 0.0542 e. The highest BCUT2D eigenvalue weighted by molar-refractivity contribution is 6.12. The fourth-order valence-corrected chi connectivity index (χ4v) is 14.1. The molecular weight excluding hydrogens is 1020 g/mol. The van der Waals surface area contributed by atoms with Crippen LogP contribution in [0.4, 0.5) is 34.1 Å². The molecular formula is C80H60N4. The molecule has 84 heavy (non-hydrogen) atoms. The van der Waals surface area contributed by atoms with Gasteiger partial charge >= 0.3 is 0 Å². The van der Waals surface area contributed by atoms with E-state index >= 15 is 0 Å². The molecule has 0 saturated heterocycles. The van der Waals surface area contributed by atoms with Gasteiger partial charge in [-0.05, 0) is 177 Å². The normalized spacial score (nSPS) is 13.6. The second kappa shape index (κ2) is 19.1. The first-order valence-electron chi connectivity index (χ1n) is 29.3. The van der Waals surface area contributed by atoms with Gasteiger partial charge in [0.15, 0.2) is 0 Å². The topological polar surface area (TPSA) is 16.3 Å². The Morgan fingerprint density at radius 1 is 0.262 bits per heavy atom. The first-order valence-corrected chi connectivity index (χ1v) is 29.3. The van der Waals surface area contributed by atoms with Gasteiger partial charge in [-0.2, -0.15) is 0 Å². The summed E-state index contributed by atoms with van der Waals surface area (Å²) in [4.78, 5) is 4.74. The zero-order valence-electron chi connectivity index (χ0n) is 47.5. The van der Waals surface area contributed by atoms with E-state index in [2.05, 4.69) is 338 Å². The third-order valence-corrected chi connectivity index (χ3v) is 18.3. The maximum Gasteiger partial charge on any atom is 0.0542 e. The average molecular weight is 1080 g/mol. The highest BCUT2D eigenvalue weighted by Crippen LogP contribution is 2.52. The van der Waals surface area contributed by atoms with Gasteiger partial charge in [0.2, 0.25) is 0 Å². The maximum absolute atomic E-state index is 2.45. The van der Waals surface area contributed by atoms with Crippen LogP contribution in [0.15, 0.2) is 279 Å². The van der Waals surface area contributed by atoms with Gasteiger partial charge in [-0.1, -0.05) is 198 Å². The lowest BCUT2D eigenvalue weighted by atomic mass is 9.82. The van der Waals surface area contributed by atoms with Crippen LogP contribution in [0.3, 0.4) is 0 Å². The van der Waals surface area contributed by atoms with E-state index in [4.69, 9.17) is 0 Å². The number of rotatable bonds is 10. The molecule has 2 aromatic heterocycles. The third-order valence-electron chi connectivity index (χ3n) is 18.3. The lowest BCUT2D eigenvalue weighted by molar-refractivity contribution is 0.660. The van der Waals surface area contributed by atoms with Crippen LogP contribution >= 0.6 is 0 Å². The predicted octanol–water partition coefficient (Wildman–Crippen LogP) is 21.6. The Labute approximate surface area is 490 Å². The van der Waals surface area contributed by atoms with Gasteiger partial charge in [-0.15, -0.1) is 0 Å². The van der Waals surface area contributed by atoms with Gasteiger partial charge in [0.25, 0.3) is 0 Å². The van der Waals surface area contributed by atoms with Crippen LogP contribution in [0.5, 0.6) is 0 Å². The zero-order valence-corrected chi connectivity index (χ0v) is 47.5. The molecule has 0 radical (unpaired) electrons. The molecule has 0 atom stereocenters. The Bertz CT molecular complexity index is 4630. The van der Waals surface area contributed by atoms with Crippen LogP contribution in [0.25, 0.3) is 89.4 Å². The van der Waals surface area contributed by atoms with Crippen molar-refractivity contribution in [3.63, 3.8) is 0 Å². The fourth-order valence-electron chi connectivity index (χ4n) is 14.1. The molecule has 0 amide bonds. The van der Waals surface area contributed by atoms with Crippen molar-refractivity contribution < 1.29 is 0 Å². The highest BCUT2D eigenvalue weighted by Gasteiger charge is 2.37. The zero-order chi connectivity index (χ0) is 56.3. The van der Waals surface area contributed by atoms with Crippen molar-refractivity contribution in [1.29, 1.82) is 0 Å². The number of para-hydroxylation sites is 4. The molecule has 0 spiro atoms. The highest BCUT2D eigenvalue weighted by atomic mass is 15.1. The number of hydrogen-bond donors (Lipinski definition) is 0. The predicted molar refractivity (Wildman–Crippen MR) is 355 cm³/mol. The van der Waals surface area contributed by atoms with E-state index in [9.17, 15) is 0 Å². The molecule has 2 heterocycles. The second-order valence-electron chi connectivity index (χ2n) is 23.8. The van der Waals surface area contributed by atoms with Gasteiger partial charge in [0.05, 0.1) is 22.1 Å². The Morgan fingerprint density at radius 2 is 0.595 bits per heavy atom. The molecule has 0 N–H and O–H groups in total. The van der Waals surface area contributed by atoms with Crippen LogP contribution in [-0.2, 0) is 10.8 Å². The van der Waals surface area contributed by atoms with Crippen LogP contribution in [0.1, 0.15) is 61.1 Å². The van der Waals surface area contributed by atoms with Crippen LogP contribution in [0, 0.1) is 0 Å². The second-order valence-corrected chi connectivity index (χ2v) is 23.8. The molecule has 400 valence electrons. The van der Waals surface area contributed by atoms with E-state index in [1.165, 1.54) is 99.5 Å². The quantitative estimate of drug-likeness (QED) is 0.127. The fraction of sp³-hybridized carbons (Fsp3) is 0.0750. The lowest BCUT2D eigenvalue weighted by Gasteiger charge is -2.26. The summed E-state index contributed by atoms with van der Waals surface area (Å²) in [6.45, 7) is 9.43. The van der Waals surface area contributed by atoms with Crippen molar-refractivity contribution in [2.45, 2.75) is 38.5 Å². The Balaban J connectivity index is 0.699. The molecule has 0 saturated carbocycles. The van der Waals surface area contributed by atoms with E-state index in [0.717, 1.165) is 45.3 Å². The number of aromatic nitrogens is 2. The molecule has 4 heteroatoms. The summed E-state index contributed by atoms with van der Waals surface area (Å²) in [5.74, 6) is 0. The molecule has 12 aromatic carbocycles. The van der Waals surface area contributed by atoms with E-state index in [1.807, 2.05) is 0 Å². The molecule has 14 aromatic rings. The molecule has 2 aliphatic rings. The Morgan fingerprint density at radius 3 is 1.02 bits per heavy atom. The molecule has 2 aliphatic carbocycles. The van der Waals surface area contributed by atoms with Gasteiger partial charge in [0, 0.05) is 77.9 Å². The van der Waals surface area contributed by atoms with Crippen molar-refractivity contribution in [2.24, 2.45) is 0 Å². The number of nitrogens with zero attached hydrogens (tertiary/aromatic N) is 4. The minimum atomic E-state index is -0.0895. The standard InChI is InChI=1S/C80H60N4/c1-79(2)71-27-15-11-23-63(71)65-45-41-61(51-73(65)79)83-75-29-17-13-25-67(75)69-49-59(43-47-77(69)83)81(55-19-7-5-8-20-55)57-37-33-53(34-38-57)31-32-54-35-39-58(40-36-54)82(56-21-9-6-10-22-56)60-44-48-78-70(50-60)68-26-14-18-30-76(68)84(78)62-42-46-66-64-24-12-16-28-72(64)80(3,4)74(66)52-62/h5-52H,1-4H3/b32-31+. The van der Waals surface area contributed by atoms with Gasteiger partial charge < -0.3 is 18.9 Å². The van der Waals surface area contributed by atoms with E-state index in [0.29, 0.717) is 0 Å². The summed E-state index contributed by atoms with van der Waals surface area (Å²) in [6, 6.07) is 103. The summed E-state index contributed by atoms with van der Waals surface area (Å²) in [7, 11) is 0. The average Bonchev–Trinajstić information content (AvgIpc) is 2.77. The number of anilines is 6. The molecule has 0 unspecified atom stereocenters. The molecule has 0 aliphatic heterocycles. The number of fused-ring (bicyclic) bond motifs is 12. The van der Waals surface area contributed by atoms with E-state index < -0.39 is 0 Å². The van der Waals surface area contributed by atoms with E-state index in [-0.39, 0.29) is 10.8 Å². The van der Waals surface area contributed by atoms with Crippen LogP contribution < -0.4 is 9.80 Å². The largest absolute Gasteiger partial charge is 0.310 e. The van der Waals surface area contributed by atoms with Gasteiger partial charge in [-0.3, -0.25) is 0 Å².